The molecule has 0 heterocycles. The first-order valence-corrected chi connectivity index (χ1v) is 12.9. The highest BCUT2D eigenvalue weighted by Gasteiger charge is 2.32. The summed E-state index contributed by atoms with van der Waals surface area (Å²) in [6.07, 6.45) is 4.69. The van der Waals surface area contributed by atoms with Crippen molar-refractivity contribution in [3.05, 3.63) is 101 Å². The van der Waals surface area contributed by atoms with Gasteiger partial charge in [0.2, 0.25) is 5.91 Å². The minimum atomic E-state index is -0.635. The molecule has 0 radical (unpaired) electrons. The Kier molecular flexibility index (Phi) is 8.77. The van der Waals surface area contributed by atoms with Gasteiger partial charge in [0.05, 0.1) is 0 Å². The van der Waals surface area contributed by atoms with Crippen molar-refractivity contribution in [2.24, 2.45) is 0 Å². The van der Waals surface area contributed by atoms with Crippen LogP contribution in [0.4, 0.5) is 0 Å². The van der Waals surface area contributed by atoms with Gasteiger partial charge in [0.1, 0.15) is 11.8 Å². The van der Waals surface area contributed by atoms with Gasteiger partial charge < -0.3 is 15.0 Å². The first-order valence-electron chi connectivity index (χ1n) is 12.9. The minimum Gasteiger partial charge on any atom is -0.484 e. The van der Waals surface area contributed by atoms with Crippen molar-refractivity contribution in [2.45, 2.75) is 64.6 Å². The summed E-state index contributed by atoms with van der Waals surface area (Å²) in [5.41, 5.74) is 4.28. The van der Waals surface area contributed by atoms with E-state index in [0.29, 0.717) is 18.7 Å². The minimum absolute atomic E-state index is 0.0961. The maximum Gasteiger partial charge on any atom is 0.261 e. The van der Waals surface area contributed by atoms with Gasteiger partial charge in [-0.05, 0) is 61.1 Å². The van der Waals surface area contributed by atoms with E-state index in [-0.39, 0.29) is 24.5 Å². The molecule has 1 atom stereocenters. The third-order valence-corrected chi connectivity index (χ3v) is 7.01. The maximum atomic E-state index is 13.7. The van der Waals surface area contributed by atoms with Crippen LogP contribution in [-0.4, -0.2) is 35.4 Å². The van der Waals surface area contributed by atoms with E-state index < -0.39 is 6.04 Å². The number of hydrogen-bond donors (Lipinski definition) is 1. The van der Waals surface area contributed by atoms with Crippen molar-refractivity contribution in [1.82, 2.24) is 10.2 Å². The molecule has 1 aliphatic carbocycles. The van der Waals surface area contributed by atoms with Crippen LogP contribution >= 0.6 is 0 Å². The van der Waals surface area contributed by atoms with E-state index in [4.69, 9.17) is 4.74 Å². The highest BCUT2D eigenvalue weighted by Crippen LogP contribution is 2.21. The number of nitrogens with zero attached hydrogens (tertiary/aromatic N) is 1. The Morgan fingerprint density at radius 3 is 2.17 bits per heavy atom. The molecule has 36 heavy (non-hydrogen) atoms. The van der Waals surface area contributed by atoms with Gasteiger partial charge in [-0.25, -0.2) is 0 Å². The van der Waals surface area contributed by atoms with Crippen molar-refractivity contribution in [2.75, 3.05) is 6.61 Å². The van der Waals surface area contributed by atoms with Crippen LogP contribution in [0.15, 0.2) is 78.9 Å². The van der Waals surface area contributed by atoms with Gasteiger partial charge in [0, 0.05) is 19.0 Å². The molecule has 0 spiro atoms. The summed E-state index contributed by atoms with van der Waals surface area (Å²) in [7, 11) is 0. The number of hydrogen-bond acceptors (Lipinski definition) is 3. The summed E-state index contributed by atoms with van der Waals surface area (Å²) < 4.78 is 5.91. The fraction of sp³-hybridized carbons (Fsp3) is 0.355. The normalized spacial score (nSPS) is 14.3. The van der Waals surface area contributed by atoms with E-state index in [9.17, 15) is 9.59 Å². The van der Waals surface area contributed by atoms with E-state index in [0.717, 1.165) is 42.4 Å². The van der Waals surface area contributed by atoms with Crippen LogP contribution in [0.5, 0.6) is 5.75 Å². The maximum absolute atomic E-state index is 13.7. The fourth-order valence-corrected chi connectivity index (χ4v) is 4.73. The summed E-state index contributed by atoms with van der Waals surface area (Å²) in [5, 5.41) is 3.23. The lowest BCUT2D eigenvalue weighted by molar-refractivity contribution is -0.143. The second-order valence-corrected chi connectivity index (χ2v) is 9.74. The van der Waals surface area contributed by atoms with Crippen LogP contribution in [0.25, 0.3) is 0 Å². The number of carbonyl (C=O) groups is 2. The number of amides is 2. The molecule has 4 rings (SSSR count). The third kappa shape index (κ3) is 6.97. The predicted molar refractivity (Wildman–Crippen MR) is 143 cm³/mol. The lowest BCUT2D eigenvalue weighted by Crippen LogP contribution is -2.53. The standard InChI is InChI=1S/C31H36N2O3/c1-23-17-18-28(19-24(23)2)36-22-30(34)33(21-26-13-7-4-8-14-26)29(20-25-11-5-3-6-12-25)31(35)32-27-15-9-10-16-27/h3-8,11-14,17-19,27,29H,9-10,15-16,20-22H2,1-2H3,(H,32,35)/t29-/m1/s1. The Bertz CT molecular complexity index is 1140. The van der Waals surface area contributed by atoms with Crippen LogP contribution in [0.2, 0.25) is 0 Å². The summed E-state index contributed by atoms with van der Waals surface area (Å²) in [4.78, 5) is 29.0. The highest BCUT2D eigenvalue weighted by atomic mass is 16.5. The number of benzene rings is 3. The van der Waals surface area contributed by atoms with Crippen molar-refractivity contribution in [3.63, 3.8) is 0 Å². The van der Waals surface area contributed by atoms with Crippen LogP contribution in [-0.2, 0) is 22.6 Å². The Morgan fingerprint density at radius 1 is 0.889 bits per heavy atom. The first-order chi connectivity index (χ1) is 17.5. The molecule has 3 aromatic rings. The van der Waals surface area contributed by atoms with Gasteiger partial charge >= 0.3 is 0 Å². The number of carbonyl (C=O) groups excluding carboxylic acids is 2. The molecule has 3 aromatic carbocycles. The monoisotopic (exact) mass is 484 g/mol. The van der Waals surface area contributed by atoms with E-state index in [1.165, 1.54) is 5.56 Å². The van der Waals surface area contributed by atoms with Crippen molar-refractivity contribution in [3.8, 4) is 5.75 Å². The average Bonchev–Trinajstić information content (AvgIpc) is 3.41. The van der Waals surface area contributed by atoms with Gasteiger partial charge in [0.25, 0.3) is 5.91 Å². The highest BCUT2D eigenvalue weighted by molar-refractivity contribution is 5.88. The van der Waals surface area contributed by atoms with E-state index >= 15 is 0 Å². The van der Waals surface area contributed by atoms with Gasteiger partial charge in [-0.15, -0.1) is 0 Å². The molecule has 0 saturated heterocycles. The largest absolute Gasteiger partial charge is 0.484 e. The van der Waals surface area contributed by atoms with Gasteiger partial charge in [0.15, 0.2) is 6.61 Å². The molecule has 188 valence electrons. The smallest absolute Gasteiger partial charge is 0.261 e. The molecule has 0 aromatic heterocycles. The molecule has 5 nitrogen and oxygen atoms in total. The molecule has 1 saturated carbocycles. The number of ether oxygens (including phenoxy) is 1. The Morgan fingerprint density at radius 2 is 1.53 bits per heavy atom. The quantitative estimate of drug-likeness (QED) is 0.420. The molecule has 1 N–H and O–H groups in total. The average molecular weight is 485 g/mol. The fourth-order valence-electron chi connectivity index (χ4n) is 4.73. The number of nitrogens with one attached hydrogen (secondary N) is 1. The van der Waals surface area contributed by atoms with Gasteiger partial charge in [-0.2, -0.15) is 0 Å². The van der Waals surface area contributed by atoms with E-state index in [2.05, 4.69) is 5.32 Å². The molecule has 5 heteroatoms. The second-order valence-electron chi connectivity index (χ2n) is 9.74. The topological polar surface area (TPSA) is 58.6 Å². The summed E-state index contributed by atoms with van der Waals surface area (Å²) in [6, 6.07) is 25.1. The van der Waals surface area contributed by atoms with Crippen LogP contribution in [0.3, 0.4) is 0 Å². The molecule has 2 amide bonds. The van der Waals surface area contributed by atoms with Crippen molar-refractivity contribution >= 4 is 11.8 Å². The first kappa shape index (κ1) is 25.5. The molecular weight excluding hydrogens is 448 g/mol. The van der Waals surface area contributed by atoms with Crippen LogP contribution < -0.4 is 10.1 Å². The Labute approximate surface area is 214 Å². The summed E-state index contributed by atoms with van der Waals surface area (Å²) in [5.74, 6) is 0.349. The summed E-state index contributed by atoms with van der Waals surface area (Å²) >= 11 is 0. The van der Waals surface area contributed by atoms with Gasteiger partial charge in [-0.3, -0.25) is 9.59 Å². The van der Waals surface area contributed by atoms with E-state index in [1.807, 2.05) is 92.7 Å². The summed E-state index contributed by atoms with van der Waals surface area (Å²) in [6.45, 7) is 4.28. The van der Waals surface area contributed by atoms with Crippen LogP contribution in [0.1, 0.15) is 47.9 Å². The Balaban J connectivity index is 1.59. The zero-order valence-corrected chi connectivity index (χ0v) is 21.3. The van der Waals surface area contributed by atoms with Crippen molar-refractivity contribution in [1.29, 1.82) is 0 Å². The lowest BCUT2D eigenvalue weighted by atomic mass is 10.0. The number of aryl methyl sites for hydroxylation is 2. The lowest BCUT2D eigenvalue weighted by Gasteiger charge is -2.32. The molecule has 0 aliphatic heterocycles. The molecule has 1 fully saturated rings. The molecule has 1 aliphatic rings. The van der Waals surface area contributed by atoms with Crippen molar-refractivity contribution < 1.29 is 14.3 Å². The molecular formula is C31H36N2O3. The zero-order valence-electron chi connectivity index (χ0n) is 21.3. The van der Waals surface area contributed by atoms with Gasteiger partial charge in [-0.1, -0.05) is 79.6 Å². The SMILES string of the molecule is Cc1ccc(OCC(=O)N(Cc2ccccc2)[C@H](Cc2ccccc2)C(=O)NC2CCCC2)cc1C. The number of rotatable bonds is 10. The predicted octanol–water partition coefficient (Wildman–Crippen LogP) is 5.38. The van der Waals surface area contributed by atoms with Crippen LogP contribution in [0, 0.1) is 13.8 Å². The van der Waals surface area contributed by atoms with E-state index in [1.54, 1.807) is 4.90 Å². The Hall–Kier alpha value is -3.60. The second kappa shape index (κ2) is 12.4. The zero-order chi connectivity index (χ0) is 25.3. The molecule has 0 unspecified atom stereocenters. The third-order valence-electron chi connectivity index (χ3n) is 7.01. The molecule has 0 bridgehead atoms.